The topological polar surface area (TPSA) is 109 Å². The molecule has 5 aromatic rings. The molecular weight excluding hydrogens is 449 g/mol. The second kappa shape index (κ2) is 9.06. The van der Waals surface area contributed by atoms with Crippen LogP contribution in [0, 0.1) is 15.9 Å². The Kier molecular flexibility index (Phi) is 5.64. The number of benzene rings is 4. The lowest BCUT2D eigenvalue weighted by atomic mass is 10.1. The molecule has 3 N–H and O–H groups in total. The highest BCUT2D eigenvalue weighted by Crippen LogP contribution is 2.34. The Morgan fingerprint density at radius 2 is 1.49 bits per heavy atom. The third-order valence-corrected chi connectivity index (χ3v) is 5.37. The summed E-state index contributed by atoms with van der Waals surface area (Å²) in [5, 5.41) is 21.5. The molecule has 0 aliphatic rings. The number of nitrogens with zero attached hydrogens (tertiary/aromatic N) is 2. The number of non-ortho nitro benzene ring substituents is 1. The van der Waals surface area contributed by atoms with Crippen molar-refractivity contribution in [2.75, 3.05) is 16.0 Å². The number of amides is 2. The summed E-state index contributed by atoms with van der Waals surface area (Å²) < 4.78 is 13.3. The highest BCUT2D eigenvalue weighted by atomic mass is 19.1. The molecule has 1 aromatic heterocycles. The number of hydrogen-bond acceptors (Lipinski definition) is 5. The summed E-state index contributed by atoms with van der Waals surface area (Å²) in [5.74, 6) is -0.441. The van der Waals surface area contributed by atoms with Crippen LogP contribution in [0.4, 0.5) is 37.6 Å². The molecule has 0 spiro atoms. The molecule has 0 aliphatic heterocycles. The fourth-order valence-corrected chi connectivity index (χ4v) is 3.77. The predicted molar refractivity (Wildman–Crippen MR) is 135 cm³/mol. The van der Waals surface area contributed by atoms with Gasteiger partial charge in [0.05, 0.1) is 21.6 Å². The average Bonchev–Trinajstić information content (AvgIpc) is 2.84. The number of carbonyl (C=O) groups excluding carboxylic acids is 1. The minimum absolute atomic E-state index is 0.0295. The van der Waals surface area contributed by atoms with Gasteiger partial charge in [-0.15, -0.1) is 0 Å². The maximum Gasteiger partial charge on any atom is 0.323 e. The third-order valence-electron chi connectivity index (χ3n) is 5.37. The van der Waals surface area contributed by atoms with E-state index >= 15 is 0 Å². The van der Waals surface area contributed by atoms with E-state index in [9.17, 15) is 19.3 Å². The van der Waals surface area contributed by atoms with Crippen LogP contribution in [0.25, 0.3) is 21.8 Å². The molecule has 0 atom stereocenters. The Morgan fingerprint density at radius 1 is 0.771 bits per heavy atom. The van der Waals surface area contributed by atoms with Crippen molar-refractivity contribution in [3.63, 3.8) is 0 Å². The van der Waals surface area contributed by atoms with Gasteiger partial charge < -0.3 is 16.0 Å². The monoisotopic (exact) mass is 467 g/mol. The van der Waals surface area contributed by atoms with Crippen molar-refractivity contribution >= 4 is 56.3 Å². The first-order valence-electron chi connectivity index (χ1n) is 10.6. The zero-order valence-electron chi connectivity index (χ0n) is 18.2. The minimum Gasteiger partial charge on any atom is -0.354 e. The van der Waals surface area contributed by atoms with E-state index in [-0.39, 0.29) is 5.69 Å². The molecule has 0 fully saturated rings. The summed E-state index contributed by atoms with van der Waals surface area (Å²) in [5.41, 5.74) is 3.59. The van der Waals surface area contributed by atoms with Gasteiger partial charge in [0.2, 0.25) is 0 Å². The van der Waals surface area contributed by atoms with E-state index in [1.807, 2.05) is 24.3 Å². The number of pyridine rings is 1. The van der Waals surface area contributed by atoms with Crippen molar-refractivity contribution in [2.24, 2.45) is 0 Å². The lowest BCUT2D eigenvalue weighted by Crippen LogP contribution is -2.19. The molecule has 2 amide bonds. The summed E-state index contributed by atoms with van der Waals surface area (Å²) in [6, 6.07) is 24.3. The van der Waals surface area contributed by atoms with Gasteiger partial charge in [-0.05, 0) is 54.6 Å². The van der Waals surface area contributed by atoms with Crippen LogP contribution >= 0.6 is 0 Å². The normalized spacial score (nSPS) is 10.8. The average molecular weight is 467 g/mol. The summed E-state index contributed by atoms with van der Waals surface area (Å²) >= 11 is 0. The Balaban J connectivity index is 1.40. The van der Waals surface area contributed by atoms with Crippen LogP contribution in [0.2, 0.25) is 0 Å². The van der Waals surface area contributed by atoms with E-state index in [4.69, 9.17) is 0 Å². The molecule has 9 heteroatoms. The predicted octanol–water partition coefficient (Wildman–Crippen LogP) is 6.82. The molecule has 4 aromatic carbocycles. The Hall–Kier alpha value is -5.05. The number of halogens is 1. The summed E-state index contributed by atoms with van der Waals surface area (Å²) in [6.07, 6.45) is 0. The van der Waals surface area contributed by atoms with E-state index in [1.165, 1.54) is 30.3 Å². The Bertz CT molecular complexity index is 1590. The Labute approximate surface area is 198 Å². The number of urea groups is 1. The van der Waals surface area contributed by atoms with Gasteiger partial charge in [0, 0.05) is 40.0 Å². The van der Waals surface area contributed by atoms with Crippen molar-refractivity contribution in [2.45, 2.75) is 0 Å². The number of nitrogens with one attached hydrogen (secondary N) is 3. The lowest BCUT2D eigenvalue weighted by molar-refractivity contribution is -0.384. The molecule has 0 saturated carbocycles. The number of nitro groups is 1. The summed E-state index contributed by atoms with van der Waals surface area (Å²) in [6.45, 7) is 0. The summed E-state index contributed by atoms with van der Waals surface area (Å²) in [4.78, 5) is 27.6. The highest BCUT2D eigenvalue weighted by Gasteiger charge is 2.13. The van der Waals surface area contributed by atoms with Gasteiger partial charge in [-0.2, -0.15) is 0 Å². The first kappa shape index (κ1) is 21.8. The SMILES string of the molecule is O=C(Nc1ccc(Nc2c3ccccc3nc3cc([N+](=O)[O-])ccc23)cc1)Nc1cccc(F)c1. The number of nitro benzene ring substituents is 1. The van der Waals surface area contributed by atoms with Crippen molar-refractivity contribution in [1.82, 2.24) is 4.98 Å². The van der Waals surface area contributed by atoms with Crippen molar-refractivity contribution < 1.29 is 14.1 Å². The maximum atomic E-state index is 13.3. The Morgan fingerprint density at radius 3 is 2.26 bits per heavy atom. The lowest BCUT2D eigenvalue weighted by Gasteiger charge is -2.14. The first-order chi connectivity index (χ1) is 17.0. The minimum atomic E-state index is -0.496. The van der Waals surface area contributed by atoms with Crippen LogP contribution in [0.15, 0.2) is 91.0 Å². The van der Waals surface area contributed by atoms with Gasteiger partial charge in [-0.25, -0.2) is 14.2 Å². The quantitative estimate of drug-likeness (QED) is 0.149. The highest BCUT2D eigenvalue weighted by molar-refractivity contribution is 6.09. The van der Waals surface area contributed by atoms with Gasteiger partial charge in [-0.3, -0.25) is 10.1 Å². The molecule has 0 aliphatic carbocycles. The van der Waals surface area contributed by atoms with E-state index in [0.717, 1.165) is 22.1 Å². The molecular formula is C26H18FN5O3. The number of anilines is 4. The molecule has 0 radical (unpaired) electrons. The van der Waals surface area contributed by atoms with Gasteiger partial charge in [0.25, 0.3) is 5.69 Å². The van der Waals surface area contributed by atoms with Crippen molar-refractivity contribution in [1.29, 1.82) is 0 Å². The van der Waals surface area contributed by atoms with Crippen LogP contribution in [0.3, 0.4) is 0 Å². The molecule has 0 unspecified atom stereocenters. The van der Waals surface area contributed by atoms with Gasteiger partial charge >= 0.3 is 6.03 Å². The molecule has 5 rings (SSSR count). The summed E-state index contributed by atoms with van der Waals surface area (Å²) in [7, 11) is 0. The molecule has 172 valence electrons. The molecule has 0 bridgehead atoms. The fourth-order valence-electron chi connectivity index (χ4n) is 3.77. The number of para-hydroxylation sites is 1. The van der Waals surface area contributed by atoms with Gasteiger partial charge in [-0.1, -0.05) is 24.3 Å². The number of rotatable bonds is 5. The molecule has 35 heavy (non-hydrogen) atoms. The van der Waals surface area contributed by atoms with Crippen LogP contribution < -0.4 is 16.0 Å². The van der Waals surface area contributed by atoms with E-state index in [2.05, 4.69) is 20.9 Å². The standard InChI is InChI=1S/C26H18FN5O3/c27-16-4-3-5-19(14-16)30-26(33)29-18-10-8-17(9-11-18)28-25-21-6-1-2-7-23(21)31-24-15-20(32(34)35)12-13-22(24)25/h1-15H,(H,28,31)(H2,29,30,33). The largest absolute Gasteiger partial charge is 0.354 e. The van der Waals surface area contributed by atoms with E-state index in [0.29, 0.717) is 22.4 Å². The van der Waals surface area contributed by atoms with Crippen LogP contribution in [-0.2, 0) is 0 Å². The van der Waals surface area contributed by atoms with Crippen molar-refractivity contribution in [3.8, 4) is 0 Å². The second-order valence-corrected chi connectivity index (χ2v) is 7.75. The van der Waals surface area contributed by atoms with Crippen LogP contribution in [0.1, 0.15) is 0 Å². The molecule has 0 saturated heterocycles. The molecule has 1 heterocycles. The number of fused-ring (bicyclic) bond motifs is 2. The number of carbonyl (C=O) groups is 1. The van der Waals surface area contributed by atoms with Crippen LogP contribution in [0.5, 0.6) is 0 Å². The zero-order valence-corrected chi connectivity index (χ0v) is 18.2. The zero-order chi connectivity index (χ0) is 24.4. The molecule has 8 nitrogen and oxygen atoms in total. The van der Waals surface area contributed by atoms with Gasteiger partial charge in [0.15, 0.2) is 0 Å². The first-order valence-corrected chi connectivity index (χ1v) is 10.6. The smallest absolute Gasteiger partial charge is 0.323 e. The van der Waals surface area contributed by atoms with Crippen molar-refractivity contribution in [3.05, 3.63) is 107 Å². The van der Waals surface area contributed by atoms with E-state index < -0.39 is 16.8 Å². The second-order valence-electron chi connectivity index (χ2n) is 7.75. The fraction of sp³-hybridized carbons (Fsp3) is 0. The maximum absolute atomic E-state index is 13.3. The number of aromatic nitrogens is 1. The van der Waals surface area contributed by atoms with E-state index in [1.54, 1.807) is 36.4 Å². The van der Waals surface area contributed by atoms with Gasteiger partial charge in [0.1, 0.15) is 5.82 Å². The third kappa shape index (κ3) is 4.69. The number of hydrogen-bond donors (Lipinski definition) is 3. The van der Waals surface area contributed by atoms with Crippen LogP contribution in [-0.4, -0.2) is 15.9 Å².